The van der Waals surface area contributed by atoms with E-state index in [1.807, 2.05) is 16.8 Å². The second-order valence-electron chi connectivity index (χ2n) is 4.89. The van der Waals surface area contributed by atoms with Crippen LogP contribution in [-0.2, 0) is 4.79 Å². The maximum Gasteiger partial charge on any atom is 0.223 e. The van der Waals surface area contributed by atoms with Crippen molar-refractivity contribution < 1.29 is 9.90 Å². The SMILES string of the molecule is CC1CC(C(=O)NCC(O)c2ccsc2)CCN1. The third-order valence-electron chi connectivity index (χ3n) is 3.39. The van der Waals surface area contributed by atoms with Crippen molar-refractivity contribution in [2.24, 2.45) is 5.92 Å². The minimum Gasteiger partial charge on any atom is -0.387 e. The highest BCUT2D eigenvalue weighted by Crippen LogP contribution is 2.18. The zero-order chi connectivity index (χ0) is 13.0. The van der Waals surface area contributed by atoms with Crippen LogP contribution in [-0.4, -0.2) is 30.1 Å². The van der Waals surface area contributed by atoms with Gasteiger partial charge >= 0.3 is 0 Å². The molecule has 0 bridgehead atoms. The first-order valence-corrected chi connectivity index (χ1v) is 7.32. The second kappa shape index (κ2) is 6.31. The molecule has 2 heterocycles. The second-order valence-corrected chi connectivity index (χ2v) is 5.67. The van der Waals surface area contributed by atoms with Gasteiger partial charge in [-0.15, -0.1) is 0 Å². The molecule has 1 aliphatic rings. The summed E-state index contributed by atoms with van der Waals surface area (Å²) in [4.78, 5) is 12.0. The molecule has 1 saturated heterocycles. The summed E-state index contributed by atoms with van der Waals surface area (Å²) in [7, 11) is 0. The van der Waals surface area contributed by atoms with Crippen molar-refractivity contribution in [1.82, 2.24) is 10.6 Å². The molecule has 0 saturated carbocycles. The van der Waals surface area contributed by atoms with Crippen molar-refractivity contribution in [3.63, 3.8) is 0 Å². The van der Waals surface area contributed by atoms with E-state index in [0.29, 0.717) is 12.6 Å². The molecular formula is C13H20N2O2S. The van der Waals surface area contributed by atoms with Crippen molar-refractivity contribution in [2.75, 3.05) is 13.1 Å². The molecule has 1 fully saturated rings. The van der Waals surface area contributed by atoms with Crippen LogP contribution in [0.15, 0.2) is 16.8 Å². The predicted molar refractivity (Wildman–Crippen MR) is 72.5 cm³/mol. The lowest BCUT2D eigenvalue weighted by Gasteiger charge is -2.27. The van der Waals surface area contributed by atoms with E-state index in [9.17, 15) is 9.90 Å². The molecule has 0 aromatic carbocycles. The lowest BCUT2D eigenvalue weighted by Crippen LogP contribution is -2.43. The molecule has 1 aromatic rings. The molecular weight excluding hydrogens is 248 g/mol. The number of carbonyl (C=O) groups is 1. The van der Waals surface area contributed by atoms with Crippen LogP contribution in [0.3, 0.4) is 0 Å². The van der Waals surface area contributed by atoms with Gasteiger partial charge in [-0.3, -0.25) is 4.79 Å². The van der Waals surface area contributed by atoms with Gasteiger partial charge in [0.1, 0.15) is 0 Å². The minimum absolute atomic E-state index is 0.0672. The number of carbonyl (C=O) groups excluding carboxylic acids is 1. The third kappa shape index (κ3) is 3.54. The molecule has 3 N–H and O–H groups in total. The van der Waals surface area contributed by atoms with Gasteiger partial charge in [0.25, 0.3) is 0 Å². The number of hydrogen-bond donors (Lipinski definition) is 3. The van der Waals surface area contributed by atoms with Gasteiger partial charge in [0.2, 0.25) is 5.91 Å². The van der Waals surface area contributed by atoms with E-state index in [-0.39, 0.29) is 11.8 Å². The molecule has 100 valence electrons. The number of aliphatic hydroxyl groups excluding tert-OH is 1. The zero-order valence-electron chi connectivity index (χ0n) is 10.6. The Balaban J connectivity index is 1.77. The number of nitrogens with one attached hydrogen (secondary N) is 2. The number of hydrogen-bond acceptors (Lipinski definition) is 4. The van der Waals surface area contributed by atoms with E-state index in [2.05, 4.69) is 17.6 Å². The quantitative estimate of drug-likeness (QED) is 0.771. The normalized spacial score (nSPS) is 25.7. The summed E-state index contributed by atoms with van der Waals surface area (Å²) in [6.45, 7) is 3.29. The van der Waals surface area contributed by atoms with Gasteiger partial charge in [0, 0.05) is 18.5 Å². The standard InChI is InChI=1S/C13H20N2O2S/c1-9-6-10(2-4-14-9)13(17)15-7-12(16)11-3-5-18-8-11/h3,5,8-10,12,14,16H,2,4,6-7H2,1H3,(H,15,17). The smallest absolute Gasteiger partial charge is 0.223 e. The van der Waals surface area contributed by atoms with Gasteiger partial charge in [-0.1, -0.05) is 0 Å². The summed E-state index contributed by atoms with van der Waals surface area (Å²) >= 11 is 1.55. The fraction of sp³-hybridized carbons (Fsp3) is 0.615. The zero-order valence-corrected chi connectivity index (χ0v) is 11.4. The fourth-order valence-electron chi connectivity index (χ4n) is 2.29. The Morgan fingerprint density at radius 3 is 3.22 bits per heavy atom. The summed E-state index contributed by atoms with van der Waals surface area (Å²) in [6, 6.07) is 2.28. The van der Waals surface area contributed by atoms with Crippen molar-refractivity contribution in [2.45, 2.75) is 31.9 Å². The van der Waals surface area contributed by atoms with Crippen molar-refractivity contribution in [3.8, 4) is 0 Å². The monoisotopic (exact) mass is 268 g/mol. The van der Waals surface area contributed by atoms with E-state index in [0.717, 1.165) is 24.9 Å². The van der Waals surface area contributed by atoms with E-state index in [1.165, 1.54) is 0 Å². The molecule has 18 heavy (non-hydrogen) atoms. The number of amides is 1. The van der Waals surface area contributed by atoms with E-state index >= 15 is 0 Å². The maximum atomic E-state index is 12.0. The Kier molecular flexibility index (Phi) is 4.74. The molecule has 2 rings (SSSR count). The minimum atomic E-state index is -0.598. The molecule has 0 spiro atoms. The van der Waals surface area contributed by atoms with E-state index < -0.39 is 6.10 Å². The fourth-order valence-corrected chi connectivity index (χ4v) is 3.00. The van der Waals surface area contributed by atoms with E-state index in [4.69, 9.17) is 0 Å². The number of piperidine rings is 1. The lowest BCUT2D eigenvalue weighted by molar-refractivity contribution is -0.126. The highest BCUT2D eigenvalue weighted by molar-refractivity contribution is 7.07. The Morgan fingerprint density at radius 2 is 2.56 bits per heavy atom. The summed E-state index contributed by atoms with van der Waals surface area (Å²) in [5.74, 6) is 0.147. The topological polar surface area (TPSA) is 61.4 Å². The lowest BCUT2D eigenvalue weighted by atomic mass is 9.92. The average molecular weight is 268 g/mol. The first-order valence-electron chi connectivity index (χ1n) is 6.38. The van der Waals surface area contributed by atoms with Crippen LogP contribution in [0.4, 0.5) is 0 Å². The Bertz CT molecular complexity index is 380. The summed E-state index contributed by atoms with van der Waals surface area (Å²) in [5.41, 5.74) is 0.874. The van der Waals surface area contributed by atoms with Crippen LogP contribution in [0.25, 0.3) is 0 Å². The van der Waals surface area contributed by atoms with Crippen LogP contribution in [0.2, 0.25) is 0 Å². The Morgan fingerprint density at radius 1 is 1.72 bits per heavy atom. The molecule has 1 aliphatic heterocycles. The van der Waals surface area contributed by atoms with Crippen LogP contribution < -0.4 is 10.6 Å². The summed E-state index contributed by atoms with van der Waals surface area (Å²) in [5, 5.41) is 19.9. The van der Waals surface area contributed by atoms with Crippen LogP contribution in [0, 0.1) is 5.92 Å². The molecule has 3 atom stereocenters. The number of aliphatic hydroxyl groups is 1. The van der Waals surface area contributed by atoms with Gasteiger partial charge in [-0.25, -0.2) is 0 Å². The Labute approximate surface area is 111 Å². The highest BCUT2D eigenvalue weighted by atomic mass is 32.1. The molecule has 1 amide bonds. The predicted octanol–water partition coefficient (Wildman–Crippen LogP) is 1.29. The molecule has 4 nitrogen and oxygen atoms in total. The molecule has 0 radical (unpaired) electrons. The molecule has 0 aliphatic carbocycles. The summed E-state index contributed by atoms with van der Waals surface area (Å²) in [6.07, 6.45) is 1.16. The molecule has 5 heteroatoms. The van der Waals surface area contributed by atoms with Crippen LogP contribution >= 0.6 is 11.3 Å². The highest BCUT2D eigenvalue weighted by Gasteiger charge is 2.24. The first kappa shape index (κ1) is 13.5. The van der Waals surface area contributed by atoms with Crippen molar-refractivity contribution >= 4 is 17.2 Å². The number of thiophene rings is 1. The van der Waals surface area contributed by atoms with Crippen LogP contribution in [0.5, 0.6) is 0 Å². The van der Waals surface area contributed by atoms with Gasteiger partial charge in [0.05, 0.1) is 6.10 Å². The molecule has 1 aromatic heterocycles. The molecule has 3 unspecified atom stereocenters. The average Bonchev–Trinajstić information content (AvgIpc) is 2.89. The third-order valence-corrected chi connectivity index (χ3v) is 4.09. The maximum absolute atomic E-state index is 12.0. The largest absolute Gasteiger partial charge is 0.387 e. The first-order chi connectivity index (χ1) is 8.66. The van der Waals surface area contributed by atoms with Gasteiger partial charge < -0.3 is 15.7 Å². The van der Waals surface area contributed by atoms with Gasteiger partial charge in [0.15, 0.2) is 0 Å². The van der Waals surface area contributed by atoms with Crippen LogP contribution in [0.1, 0.15) is 31.4 Å². The summed E-state index contributed by atoms with van der Waals surface area (Å²) < 4.78 is 0. The van der Waals surface area contributed by atoms with Gasteiger partial charge in [-0.05, 0) is 48.7 Å². The van der Waals surface area contributed by atoms with Gasteiger partial charge in [-0.2, -0.15) is 11.3 Å². The van der Waals surface area contributed by atoms with Crippen molar-refractivity contribution in [1.29, 1.82) is 0 Å². The number of rotatable bonds is 4. The van der Waals surface area contributed by atoms with E-state index in [1.54, 1.807) is 11.3 Å². The Hall–Kier alpha value is -0.910. The van der Waals surface area contributed by atoms with Crippen molar-refractivity contribution in [3.05, 3.63) is 22.4 Å².